The molecule has 7 heteroatoms. The Morgan fingerprint density at radius 2 is 2.08 bits per heavy atom. The summed E-state index contributed by atoms with van der Waals surface area (Å²) in [4.78, 5) is 14.6. The predicted octanol–water partition coefficient (Wildman–Crippen LogP) is 1.84. The van der Waals surface area contributed by atoms with Gasteiger partial charge in [-0.2, -0.15) is 0 Å². The average Bonchev–Trinajstić information content (AvgIpc) is 2.94. The van der Waals surface area contributed by atoms with E-state index in [1.54, 1.807) is 16.7 Å². The molecule has 1 fully saturated rings. The Bertz CT molecular complexity index is 754. The van der Waals surface area contributed by atoms with Gasteiger partial charge in [0.05, 0.1) is 25.0 Å². The molecule has 0 aliphatic carbocycles. The van der Waals surface area contributed by atoms with E-state index in [9.17, 15) is 4.79 Å². The minimum Gasteiger partial charge on any atom is -0.494 e. The van der Waals surface area contributed by atoms with E-state index in [2.05, 4.69) is 10.3 Å². The van der Waals surface area contributed by atoms with Crippen molar-refractivity contribution in [2.75, 3.05) is 26.8 Å². The molecule has 1 saturated heterocycles. The smallest absolute Gasteiger partial charge is 0.276 e. The fourth-order valence-corrected chi connectivity index (χ4v) is 2.90. The van der Waals surface area contributed by atoms with Gasteiger partial charge in [-0.3, -0.25) is 4.79 Å². The van der Waals surface area contributed by atoms with Crippen LogP contribution >= 0.6 is 0 Å². The van der Waals surface area contributed by atoms with Gasteiger partial charge in [-0.25, -0.2) is 4.68 Å². The molecule has 0 atom stereocenters. The third kappa shape index (κ3) is 2.99. The molecule has 2 aromatic rings. The summed E-state index contributed by atoms with van der Waals surface area (Å²) in [6, 6.07) is 7.51. The fraction of sp³-hybridized carbons (Fsp3) is 0.471. The summed E-state index contributed by atoms with van der Waals surface area (Å²) in [7, 11) is 1.60. The molecule has 0 unspecified atom stereocenters. The summed E-state index contributed by atoms with van der Waals surface area (Å²) in [5, 5.41) is 8.27. The van der Waals surface area contributed by atoms with E-state index in [1.807, 2.05) is 45.0 Å². The zero-order valence-corrected chi connectivity index (χ0v) is 14.4. The van der Waals surface area contributed by atoms with Gasteiger partial charge in [-0.15, -0.1) is 5.10 Å². The molecule has 1 aromatic carbocycles. The van der Waals surface area contributed by atoms with Gasteiger partial charge in [-0.05, 0) is 32.9 Å². The molecular formula is C17H22N4O3. The van der Waals surface area contributed by atoms with Crippen LogP contribution in [0.2, 0.25) is 0 Å². The van der Waals surface area contributed by atoms with Gasteiger partial charge in [0.25, 0.3) is 5.91 Å². The Balaban J connectivity index is 1.91. The van der Waals surface area contributed by atoms with E-state index in [1.165, 1.54) is 0 Å². The number of ether oxygens (including phenoxy) is 2. The first-order valence-electron chi connectivity index (χ1n) is 7.92. The molecule has 0 saturated carbocycles. The largest absolute Gasteiger partial charge is 0.494 e. The van der Waals surface area contributed by atoms with Crippen LogP contribution < -0.4 is 4.74 Å². The zero-order valence-electron chi connectivity index (χ0n) is 14.4. The molecule has 1 aliphatic heterocycles. The quantitative estimate of drug-likeness (QED) is 0.859. The minimum absolute atomic E-state index is 0.120. The van der Waals surface area contributed by atoms with Crippen molar-refractivity contribution in [2.45, 2.75) is 26.4 Å². The molecule has 2 heterocycles. The summed E-state index contributed by atoms with van der Waals surface area (Å²) >= 11 is 0. The van der Waals surface area contributed by atoms with Gasteiger partial charge < -0.3 is 14.4 Å². The zero-order chi connectivity index (χ0) is 17.3. The highest BCUT2D eigenvalue weighted by Crippen LogP contribution is 2.24. The van der Waals surface area contributed by atoms with Crippen LogP contribution in [0.15, 0.2) is 24.3 Å². The average molecular weight is 330 g/mol. The maximum atomic E-state index is 12.8. The Kier molecular flexibility index (Phi) is 4.28. The van der Waals surface area contributed by atoms with Crippen molar-refractivity contribution in [2.24, 2.45) is 0 Å². The number of morpholine rings is 1. The second-order valence-corrected chi connectivity index (χ2v) is 6.44. The standard InChI is InChI=1S/C17H22N4O3/c1-12-15(16(22)20-9-10-24-17(2,3)11-20)18-19-21(12)13-7-5-6-8-14(13)23-4/h5-8H,9-11H2,1-4H3. The maximum Gasteiger partial charge on any atom is 0.276 e. The van der Waals surface area contributed by atoms with Gasteiger partial charge in [0, 0.05) is 13.1 Å². The first-order valence-corrected chi connectivity index (χ1v) is 7.92. The summed E-state index contributed by atoms with van der Waals surface area (Å²) in [5.41, 5.74) is 1.46. The van der Waals surface area contributed by atoms with Gasteiger partial charge in [-0.1, -0.05) is 17.3 Å². The number of amides is 1. The molecule has 3 rings (SSSR count). The maximum absolute atomic E-state index is 12.8. The molecule has 1 aromatic heterocycles. The van der Waals surface area contributed by atoms with Crippen molar-refractivity contribution in [1.29, 1.82) is 0 Å². The summed E-state index contributed by atoms with van der Waals surface area (Å²) in [6.07, 6.45) is 0. The van der Waals surface area contributed by atoms with Gasteiger partial charge >= 0.3 is 0 Å². The van der Waals surface area contributed by atoms with Crippen LogP contribution in [-0.2, 0) is 4.74 Å². The molecule has 0 N–H and O–H groups in total. The summed E-state index contributed by atoms with van der Waals surface area (Å²) in [6.45, 7) is 7.41. The lowest BCUT2D eigenvalue weighted by atomic mass is 10.1. The van der Waals surface area contributed by atoms with Gasteiger partial charge in [0.1, 0.15) is 11.4 Å². The number of hydrogen-bond donors (Lipinski definition) is 0. The third-order valence-corrected chi connectivity index (χ3v) is 4.12. The van der Waals surface area contributed by atoms with E-state index >= 15 is 0 Å². The normalized spacial score (nSPS) is 16.9. The van der Waals surface area contributed by atoms with Crippen molar-refractivity contribution in [3.63, 3.8) is 0 Å². The van der Waals surface area contributed by atoms with Gasteiger partial charge in [0.2, 0.25) is 0 Å². The van der Waals surface area contributed by atoms with Crippen molar-refractivity contribution in [3.05, 3.63) is 35.7 Å². The highest BCUT2D eigenvalue weighted by Gasteiger charge is 2.32. The van der Waals surface area contributed by atoms with E-state index in [-0.39, 0.29) is 11.5 Å². The lowest BCUT2D eigenvalue weighted by Gasteiger charge is -2.37. The number of hydrogen-bond acceptors (Lipinski definition) is 5. The summed E-state index contributed by atoms with van der Waals surface area (Å²) < 4.78 is 12.7. The molecular weight excluding hydrogens is 308 g/mol. The summed E-state index contributed by atoms with van der Waals surface area (Å²) in [5.74, 6) is 0.557. The van der Waals surface area contributed by atoms with Crippen molar-refractivity contribution < 1.29 is 14.3 Å². The van der Waals surface area contributed by atoms with Crippen LogP contribution in [-0.4, -0.2) is 58.2 Å². The van der Waals surface area contributed by atoms with Crippen LogP contribution in [0.5, 0.6) is 5.75 Å². The first-order chi connectivity index (χ1) is 11.4. The lowest BCUT2D eigenvalue weighted by molar-refractivity contribution is -0.0765. The molecule has 1 aliphatic rings. The first kappa shape index (κ1) is 16.4. The SMILES string of the molecule is COc1ccccc1-n1nnc(C(=O)N2CCOC(C)(C)C2)c1C. The Morgan fingerprint density at radius 3 is 2.79 bits per heavy atom. The highest BCUT2D eigenvalue weighted by molar-refractivity contribution is 5.93. The van der Waals surface area contributed by atoms with Gasteiger partial charge in [0.15, 0.2) is 5.69 Å². The van der Waals surface area contributed by atoms with E-state index in [0.717, 1.165) is 5.69 Å². The Morgan fingerprint density at radius 1 is 1.33 bits per heavy atom. The number of aromatic nitrogens is 3. The number of benzene rings is 1. The third-order valence-electron chi connectivity index (χ3n) is 4.12. The van der Waals surface area contributed by atoms with E-state index in [0.29, 0.717) is 36.8 Å². The topological polar surface area (TPSA) is 69.5 Å². The molecule has 128 valence electrons. The lowest BCUT2D eigenvalue weighted by Crippen LogP contribution is -2.50. The number of rotatable bonds is 3. The van der Waals surface area contributed by atoms with Crippen LogP contribution in [0.3, 0.4) is 0 Å². The van der Waals surface area contributed by atoms with E-state index < -0.39 is 0 Å². The highest BCUT2D eigenvalue weighted by atomic mass is 16.5. The number of methoxy groups -OCH3 is 1. The monoisotopic (exact) mass is 330 g/mol. The van der Waals surface area contributed by atoms with Crippen molar-refractivity contribution in [3.8, 4) is 11.4 Å². The Hall–Kier alpha value is -2.41. The molecule has 0 spiro atoms. The van der Waals surface area contributed by atoms with Crippen LogP contribution in [0, 0.1) is 6.92 Å². The number of para-hydroxylation sites is 2. The number of carbonyl (C=O) groups is 1. The molecule has 24 heavy (non-hydrogen) atoms. The Labute approximate surface area is 141 Å². The molecule has 0 bridgehead atoms. The molecule has 1 amide bonds. The van der Waals surface area contributed by atoms with Crippen LogP contribution in [0.25, 0.3) is 5.69 Å². The fourth-order valence-electron chi connectivity index (χ4n) is 2.90. The van der Waals surface area contributed by atoms with E-state index in [4.69, 9.17) is 9.47 Å². The second-order valence-electron chi connectivity index (χ2n) is 6.44. The number of nitrogens with zero attached hydrogens (tertiary/aromatic N) is 4. The molecule has 7 nitrogen and oxygen atoms in total. The van der Waals surface area contributed by atoms with Crippen molar-refractivity contribution >= 4 is 5.91 Å². The predicted molar refractivity (Wildman–Crippen MR) is 88.6 cm³/mol. The second kappa shape index (κ2) is 6.24. The number of carbonyl (C=O) groups excluding carboxylic acids is 1. The minimum atomic E-state index is -0.347. The van der Waals surface area contributed by atoms with Crippen LogP contribution in [0.1, 0.15) is 30.0 Å². The van der Waals surface area contributed by atoms with Crippen LogP contribution in [0.4, 0.5) is 0 Å². The van der Waals surface area contributed by atoms with Crippen molar-refractivity contribution in [1.82, 2.24) is 19.9 Å². The molecule has 0 radical (unpaired) electrons.